The van der Waals surface area contributed by atoms with Crippen LogP contribution in [0.4, 0.5) is 5.69 Å². The first-order valence-electron chi connectivity index (χ1n) is 5.96. The molecule has 104 valence electrons. The number of amides is 1. The minimum atomic E-state index is -0.447. The lowest BCUT2D eigenvalue weighted by atomic mass is 10.1. The molecule has 2 aromatic carbocycles. The molecule has 1 amide bonds. The predicted molar refractivity (Wildman–Crippen MR) is 78.8 cm³/mol. The van der Waals surface area contributed by atoms with Gasteiger partial charge in [-0.3, -0.25) is 4.79 Å². The molecule has 0 fully saturated rings. The first-order chi connectivity index (χ1) is 9.52. The lowest BCUT2D eigenvalue weighted by molar-refractivity contribution is 0.102. The van der Waals surface area contributed by atoms with Gasteiger partial charge in [0.15, 0.2) is 0 Å². The maximum atomic E-state index is 12.2. The van der Waals surface area contributed by atoms with Gasteiger partial charge in [0.25, 0.3) is 5.91 Å². The van der Waals surface area contributed by atoms with Crippen LogP contribution in [-0.4, -0.2) is 18.1 Å². The quantitative estimate of drug-likeness (QED) is 0.908. The second kappa shape index (κ2) is 5.84. The van der Waals surface area contributed by atoms with Gasteiger partial charge in [-0.1, -0.05) is 23.7 Å². The number of nitrogens with one attached hydrogen (secondary N) is 1. The number of phenolic OH excluding ortho intramolecular Hbond substituents is 1. The third-order valence-corrected chi connectivity index (χ3v) is 3.22. The van der Waals surface area contributed by atoms with Gasteiger partial charge in [0, 0.05) is 0 Å². The fraction of sp³-hybridized carbons (Fsp3) is 0.133. The molecule has 20 heavy (non-hydrogen) atoms. The first-order valence-corrected chi connectivity index (χ1v) is 6.34. The summed E-state index contributed by atoms with van der Waals surface area (Å²) in [7, 11) is 1.49. The number of anilines is 1. The zero-order valence-electron chi connectivity index (χ0n) is 11.1. The molecule has 0 saturated heterocycles. The standard InChI is InChI=1S/C15H14ClNO3/c1-9-4-3-5-12(16)14(9)17-15(19)11-8-10(20-2)6-7-13(11)18/h3-8,18H,1-2H3,(H,17,19). The minimum Gasteiger partial charge on any atom is -0.507 e. The van der Waals surface area contributed by atoms with Crippen LogP contribution in [0.1, 0.15) is 15.9 Å². The fourth-order valence-electron chi connectivity index (χ4n) is 1.80. The van der Waals surface area contributed by atoms with Crippen molar-refractivity contribution >= 4 is 23.2 Å². The molecule has 0 saturated carbocycles. The molecule has 0 unspecified atom stereocenters. The lowest BCUT2D eigenvalue weighted by Crippen LogP contribution is -2.13. The number of methoxy groups -OCH3 is 1. The van der Waals surface area contributed by atoms with Crippen LogP contribution in [0.2, 0.25) is 5.02 Å². The van der Waals surface area contributed by atoms with Crippen LogP contribution >= 0.6 is 11.6 Å². The highest BCUT2D eigenvalue weighted by Gasteiger charge is 2.15. The topological polar surface area (TPSA) is 58.6 Å². The van der Waals surface area contributed by atoms with Gasteiger partial charge in [-0.25, -0.2) is 0 Å². The summed E-state index contributed by atoms with van der Waals surface area (Å²) in [4.78, 5) is 12.2. The highest BCUT2D eigenvalue weighted by atomic mass is 35.5. The second-order valence-corrected chi connectivity index (χ2v) is 4.68. The highest BCUT2D eigenvalue weighted by molar-refractivity contribution is 6.34. The Morgan fingerprint density at radius 2 is 2.05 bits per heavy atom. The second-order valence-electron chi connectivity index (χ2n) is 4.27. The molecule has 0 bridgehead atoms. The number of carbonyl (C=O) groups excluding carboxylic acids is 1. The van der Waals surface area contributed by atoms with Crippen molar-refractivity contribution in [3.8, 4) is 11.5 Å². The number of halogens is 1. The number of ether oxygens (including phenoxy) is 1. The van der Waals surface area contributed by atoms with Crippen molar-refractivity contribution in [2.75, 3.05) is 12.4 Å². The zero-order valence-corrected chi connectivity index (χ0v) is 11.9. The average molecular weight is 292 g/mol. The summed E-state index contributed by atoms with van der Waals surface area (Å²) in [6, 6.07) is 9.79. The van der Waals surface area contributed by atoms with Crippen molar-refractivity contribution in [1.29, 1.82) is 0 Å². The summed E-state index contributed by atoms with van der Waals surface area (Å²) in [6.45, 7) is 1.84. The van der Waals surface area contributed by atoms with Crippen molar-refractivity contribution in [3.05, 3.63) is 52.5 Å². The van der Waals surface area contributed by atoms with E-state index >= 15 is 0 Å². The molecule has 0 aliphatic heterocycles. The third kappa shape index (κ3) is 2.86. The maximum Gasteiger partial charge on any atom is 0.259 e. The van der Waals surface area contributed by atoms with Gasteiger partial charge in [0.2, 0.25) is 0 Å². The van der Waals surface area contributed by atoms with Crippen molar-refractivity contribution in [2.24, 2.45) is 0 Å². The normalized spacial score (nSPS) is 10.2. The van der Waals surface area contributed by atoms with Crippen molar-refractivity contribution < 1.29 is 14.6 Å². The van der Waals surface area contributed by atoms with Crippen molar-refractivity contribution in [2.45, 2.75) is 6.92 Å². The summed E-state index contributed by atoms with van der Waals surface area (Å²) >= 11 is 6.06. The summed E-state index contributed by atoms with van der Waals surface area (Å²) < 4.78 is 5.04. The molecule has 4 nitrogen and oxygen atoms in total. The Bertz CT molecular complexity index is 635. The maximum absolute atomic E-state index is 12.2. The Morgan fingerprint density at radius 3 is 2.70 bits per heavy atom. The Hall–Kier alpha value is -2.20. The van der Waals surface area contributed by atoms with E-state index in [1.807, 2.05) is 13.0 Å². The number of para-hydroxylation sites is 1. The van der Waals surface area contributed by atoms with Crippen LogP contribution in [0, 0.1) is 6.92 Å². The predicted octanol–water partition coefficient (Wildman–Crippen LogP) is 3.61. The lowest BCUT2D eigenvalue weighted by Gasteiger charge is -2.11. The van der Waals surface area contributed by atoms with Crippen LogP contribution < -0.4 is 10.1 Å². The molecule has 2 rings (SSSR count). The largest absolute Gasteiger partial charge is 0.507 e. The molecule has 5 heteroatoms. The highest BCUT2D eigenvalue weighted by Crippen LogP contribution is 2.28. The number of hydrogen-bond acceptors (Lipinski definition) is 3. The first kappa shape index (κ1) is 14.2. The molecular weight excluding hydrogens is 278 g/mol. The molecule has 0 aliphatic carbocycles. The molecule has 0 heterocycles. The Balaban J connectivity index is 2.33. The van der Waals surface area contributed by atoms with E-state index in [1.165, 1.54) is 19.2 Å². The van der Waals surface area contributed by atoms with Gasteiger partial charge in [0.1, 0.15) is 11.5 Å². The van der Waals surface area contributed by atoms with Gasteiger partial charge in [-0.2, -0.15) is 0 Å². The number of aromatic hydroxyl groups is 1. The fourth-order valence-corrected chi connectivity index (χ4v) is 2.06. The summed E-state index contributed by atoms with van der Waals surface area (Å²) in [5.74, 6) is -0.0746. The SMILES string of the molecule is COc1ccc(O)c(C(=O)Nc2c(C)cccc2Cl)c1. The number of hydrogen-bond donors (Lipinski definition) is 2. The third-order valence-electron chi connectivity index (χ3n) is 2.91. The summed E-state index contributed by atoms with van der Waals surface area (Å²) in [6.07, 6.45) is 0. The minimum absolute atomic E-state index is 0.118. The summed E-state index contributed by atoms with van der Waals surface area (Å²) in [5, 5.41) is 12.9. The van der Waals surface area contributed by atoms with Gasteiger partial charge in [-0.05, 0) is 36.8 Å². The Kier molecular flexibility index (Phi) is 4.15. The van der Waals surface area contributed by atoms with E-state index in [2.05, 4.69) is 5.32 Å². The number of phenols is 1. The van der Waals surface area contributed by atoms with E-state index in [-0.39, 0.29) is 11.3 Å². The summed E-state index contributed by atoms with van der Waals surface area (Å²) in [5.41, 5.74) is 1.50. The number of carbonyl (C=O) groups is 1. The van der Waals surface area contributed by atoms with E-state index in [4.69, 9.17) is 16.3 Å². The molecular formula is C15H14ClNO3. The van der Waals surface area contributed by atoms with Crippen LogP contribution in [0.15, 0.2) is 36.4 Å². The molecule has 0 spiro atoms. The number of benzene rings is 2. The van der Waals surface area contributed by atoms with E-state index in [1.54, 1.807) is 18.2 Å². The molecule has 0 aliphatic rings. The molecule has 0 atom stereocenters. The smallest absolute Gasteiger partial charge is 0.259 e. The van der Waals surface area contributed by atoms with Gasteiger partial charge in [0.05, 0.1) is 23.4 Å². The van der Waals surface area contributed by atoms with Crippen LogP contribution in [0.5, 0.6) is 11.5 Å². The Morgan fingerprint density at radius 1 is 1.30 bits per heavy atom. The van der Waals surface area contributed by atoms with Crippen molar-refractivity contribution in [3.63, 3.8) is 0 Å². The molecule has 2 aromatic rings. The van der Waals surface area contributed by atoms with E-state index in [9.17, 15) is 9.90 Å². The van der Waals surface area contributed by atoms with Crippen LogP contribution in [-0.2, 0) is 0 Å². The molecule has 0 aromatic heterocycles. The van der Waals surface area contributed by atoms with E-state index in [0.29, 0.717) is 16.5 Å². The van der Waals surface area contributed by atoms with Crippen molar-refractivity contribution in [1.82, 2.24) is 0 Å². The molecule has 2 N–H and O–H groups in total. The zero-order chi connectivity index (χ0) is 14.7. The van der Waals surface area contributed by atoms with Crippen LogP contribution in [0.25, 0.3) is 0 Å². The van der Waals surface area contributed by atoms with E-state index in [0.717, 1.165) is 5.56 Å². The molecule has 0 radical (unpaired) electrons. The average Bonchev–Trinajstić information content (AvgIpc) is 2.43. The van der Waals surface area contributed by atoms with Crippen LogP contribution in [0.3, 0.4) is 0 Å². The monoisotopic (exact) mass is 291 g/mol. The van der Waals surface area contributed by atoms with E-state index < -0.39 is 5.91 Å². The number of aryl methyl sites for hydroxylation is 1. The van der Waals surface area contributed by atoms with Gasteiger partial charge in [-0.15, -0.1) is 0 Å². The van der Waals surface area contributed by atoms with Gasteiger partial charge < -0.3 is 15.2 Å². The Labute approximate surface area is 122 Å². The van der Waals surface area contributed by atoms with Gasteiger partial charge >= 0.3 is 0 Å². The number of rotatable bonds is 3.